The molecule has 0 spiro atoms. The Bertz CT molecular complexity index is 4280. The van der Waals surface area contributed by atoms with Gasteiger partial charge in [0.2, 0.25) is 0 Å². The minimum Gasteiger partial charge on any atom is -0.456 e. The standard InChI is InChI=1S/C75H60N2O/c1-50(2)51-24-26-56(27-25-51)67-20-12-14-22-71(67)76(63-38-30-54(31-39-63)52-16-8-6-9-17-52)65-42-34-58-46-69-70-47-59-35-43-66(45-61(59)49-74(70)78-73(69)48-60(58)44-65)77(64-40-32-55(33-41-64)53-18-10-7-11-19-53)72-23-15-13-21-68(72)57-28-36-62(37-29-57)75(3,4)5/h6-50H,1-5H3. The fraction of sp³-hybridized carbons (Fsp3) is 0.0933. The molecule has 0 radical (unpaired) electrons. The number of rotatable bonds is 11. The van der Waals surface area contributed by atoms with E-state index in [-0.39, 0.29) is 5.41 Å². The average Bonchev–Trinajstić information content (AvgIpc) is 3.85. The molecule has 0 bridgehead atoms. The molecule has 0 saturated heterocycles. The summed E-state index contributed by atoms with van der Waals surface area (Å²) in [6.45, 7) is 11.3. The van der Waals surface area contributed by atoms with E-state index >= 15 is 0 Å². The van der Waals surface area contributed by atoms with Crippen LogP contribution in [0.3, 0.4) is 0 Å². The van der Waals surface area contributed by atoms with Crippen molar-refractivity contribution < 1.29 is 4.42 Å². The maximum Gasteiger partial charge on any atom is 0.136 e. The monoisotopic (exact) mass is 1000 g/mol. The summed E-state index contributed by atoms with van der Waals surface area (Å²) in [6, 6.07) is 97.5. The van der Waals surface area contributed by atoms with E-state index in [4.69, 9.17) is 4.42 Å². The van der Waals surface area contributed by atoms with Crippen molar-refractivity contribution in [3.05, 3.63) is 278 Å². The molecule has 0 fully saturated rings. The first kappa shape index (κ1) is 48.2. The summed E-state index contributed by atoms with van der Waals surface area (Å²) in [5.74, 6) is 0.458. The van der Waals surface area contributed by atoms with Crippen LogP contribution in [0.4, 0.5) is 34.1 Å². The third-order valence-electron chi connectivity index (χ3n) is 15.6. The number of furan rings is 1. The molecule has 0 N–H and O–H groups in total. The largest absolute Gasteiger partial charge is 0.456 e. The van der Waals surface area contributed by atoms with E-state index < -0.39 is 0 Å². The van der Waals surface area contributed by atoms with Gasteiger partial charge in [-0.25, -0.2) is 0 Å². The minimum atomic E-state index is 0.0613. The molecule has 0 saturated carbocycles. The first-order valence-electron chi connectivity index (χ1n) is 27.2. The van der Waals surface area contributed by atoms with Gasteiger partial charge < -0.3 is 14.2 Å². The second-order valence-corrected chi connectivity index (χ2v) is 22.0. The average molecular weight is 1010 g/mol. The SMILES string of the molecule is CC(C)c1ccc(-c2ccccc2N(c2ccc(-c3ccccc3)cc2)c2ccc3cc4c(cc3c2)oc2cc3cc(N(c5ccc(-c6ccccc6)cc5)c5ccccc5-c5ccc(C(C)(C)C)cc5)ccc3cc24)cc1. The lowest BCUT2D eigenvalue weighted by atomic mass is 9.86. The van der Waals surface area contributed by atoms with Crippen molar-refractivity contribution in [3.8, 4) is 44.5 Å². The fourth-order valence-electron chi connectivity index (χ4n) is 11.3. The Balaban J connectivity index is 0.908. The van der Waals surface area contributed by atoms with Crippen molar-refractivity contribution in [2.24, 2.45) is 0 Å². The van der Waals surface area contributed by atoms with Crippen molar-refractivity contribution in [1.29, 1.82) is 0 Å². The molecule has 1 aromatic heterocycles. The van der Waals surface area contributed by atoms with Crippen LogP contribution in [0, 0.1) is 0 Å². The summed E-state index contributed by atoms with van der Waals surface area (Å²) < 4.78 is 6.90. The summed E-state index contributed by atoms with van der Waals surface area (Å²) in [5, 5.41) is 6.73. The number of hydrogen-bond acceptors (Lipinski definition) is 3. The molecule has 0 amide bonds. The Kier molecular flexibility index (Phi) is 12.3. The predicted octanol–water partition coefficient (Wildman–Crippen LogP) is 21.9. The number of benzene rings is 12. The Morgan fingerprint density at radius 3 is 1.12 bits per heavy atom. The zero-order valence-electron chi connectivity index (χ0n) is 44.8. The lowest BCUT2D eigenvalue weighted by Crippen LogP contribution is -2.12. The van der Waals surface area contributed by atoms with Crippen LogP contribution >= 0.6 is 0 Å². The highest BCUT2D eigenvalue weighted by Gasteiger charge is 2.22. The predicted molar refractivity (Wildman–Crippen MR) is 333 cm³/mol. The molecule has 0 atom stereocenters. The molecule has 0 aliphatic carbocycles. The number of hydrogen-bond donors (Lipinski definition) is 0. The molecule has 13 rings (SSSR count). The van der Waals surface area contributed by atoms with Gasteiger partial charge in [0.15, 0.2) is 0 Å². The lowest BCUT2D eigenvalue weighted by Gasteiger charge is -2.28. The zero-order valence-corrected chi connectivity index (χ0v) is 44.8. The van der Waals surface area contributed by atoms with Crippen LogP contribution in [0.15, 0.2) is 271 Å². The van der Waals surface area contributed by atoms with Gasteiger partial charge in [-0.1, -0.05) is 217 Å². The normalized spacial score (nSPS) is 11.8. The topological polar surface area (TPSA) is 19.6 Å². The van der Waals surface area contributed by atoms with Gasteiger partial charge in [-0.3, -0.25) is 0 Å². The highest BCUT2D eigenvalue weighted by atomic mass is 16.3. The van der Waals surface area contributed by atoms with Crippen molar-refractivity contribution in [2.75, 3.05) is 9.80 Å². The van der Waals surface area contributed by atoms with Crippen LogP contribution in [0.25, 0.3) is 88.0 Å². The van der Waals surface area contributed by atoms with Crippen LogP contribution in [0.2, 0.25) is 0 Å². The minimum absolute atomic E-state index is 0.0613. The molecule has 78 heavy (non-hydrogen) atoms. The first-order chi connectivity index (χ1) is 38.1. The van der Waals surface area contributed by atoms with Crippen LogP contribution in [0.5, 0.6) is 0 Å². The van der Waals surface area contributed by atoms with Gasteiger partial charge in [-0.05, 0) is 162 Å². The number of nitrogens with zero attached hydrogens (tertiary/aromatic N) is 2. The van der Waals surface area contributed by atoms with E-state index in [1.54, 1.807) is 0 Å². The molecule has 12 aromatic carbocycles. The molecule has 1 heterocycles. The van der Waals surface area contributed by atoms with Gasteiger partial charge in [0.05, 0.1) is 11.4 Å². The van der Waals surface area contributed by atoms with Crippen molar-refractivity contribution in [3.63, 3.8) is 0 Å². The molecule has 0 aliphatic heterocycles. The molecular formula is C75H60N2O. The molecular weight excluding hydrogens is 945 g/mol. The van der Waals surface area contributed by atoms with E-state index in [0.717, 1.165) is 83.2 Å². The van der Waals surface area contributed by atoms with Crippen molar-refractivity contribution in [1.82, 2.24) is 0 Å². The quantitative estimate of drug-likeness (QED) is 0.129. The van der Waals surface area contributed by atoms with E-state index in [2.05, 4.69) is 311 Å². The summed E-state index contributed by atoms with van der Waals surface area (Å²) in [6.07, 6.45) is 0. The molecule has 0 unspecified atom stereocenters. The maximum absolute atomic E-state index is 6.90. The molecule has 0 aliphatic rings. The molecule has 3 nitrogen and oxygen atoms in total. The second-order valence-electron chi connectivity index (χ2n) is 22.0. The van der Waals surface area contributed by atoms with E-state index in [1.165, 1.54) is 50.1 Å². The summed E-state index contributed by atoms with van der Waals surface area (Å²) in [5.41, 5.74) is 20.4. The molecule has 3 heteroatoms. The Morgan fingerprint density at radius 1 is 0.321 bits per heavy atom. The number of para-hydroxylation sites is 2. The van der Waals surface area contributed by atoms with Crippen LogP contribution in [0.1, 0.15) is 51.7 Å². The summed E-state index contributed by atoms with van der Waals surface area (Å²) in [7, 11) is 0. The highest BCUT2D eigenvalue weighted by Crippen LogP contribution is 2.46. The second kappa shape index (κ2) is 19.9. The zero-order chi connectivity index (χ0) is 52.9. The Hall–Kier alpha value is -9.44. The van der Waals surface area contributed by atoms with E-state index in [9.17, 15) is 0 Å². The smallest absolute Gasteiger partial charge is 0.136 e. The van der Waals surface area contributed by atoms with Gasteiger partial charge in [-0.2, -0.15) is 0 Å². The van der Waals surface area contributed by atoms with Gasteiger partial charge in [0, 0.05) is 44.6 Å². The van der Waals surface area contributed by atoms with Crippen LogP contribution in [-0.4, -0.2) is 0 Å². The first-order valence-corrected chi connectivity index (χ1v) is 27.2. The maximum atomic E-state index is 6.90. The summed E-state index contributed by atoms with van der Waals surface area (Å²) in [4.78, 5) is 4.80. The number of anilines is 6. The van der Waals surface area contributed by atoms with Gasteiger partial charge in [0.25, 0.3) is 0 Å². The lowest BCUT2D eigenvalue weighted by molar-refractivity contribution is 0.590. The van der Waals surface area contributed by atoms with Crippen molar-refractivity contribution >= 4 is 77.6 Å². The fourth-order valence-corrected chi connectivity index (χ4v) is 11.3. The van der Waals surface area contributed by atoms with E-state index in [0.29, 0.717) is 5.92 Å². The highest BCUT2D eigenvalue weighted by molar-refractivity contribution is 6.14. The third kappa shape index (κ3) is 9.18. The molecule has 376 valence electrons. The number of fused-ring (bicyclic) bond motifs is 5. The van der Waals surface area contributed by atoms with Gasteiger partial charge >= 0.3 is 0 Å². The van der Waals surface area contributed by atoms with Gasteiger partial charge in [0.1, 0.15) is 11.2 Å². The third-order valence-corrected chi connectivity index (χ3v) is 15.6. The van der Waals surface area contributed by atoms with Crippen LogP contribution < -0.4 is 9.80 Å². The molecule has 13 aromatic rings. The Morgan fingerprint density at radius 2 is 0.692 bits per heavy atom. The summed E-state index contributed by atoms with van der Waals surface area (Å²) >= 11 is 0. The van der Waals surface area contributed by atoms with Crippen molar-refractivity contribution in [2.45, 2.75) is 46.0 Å². The van der Waals surface area contributed by atoms with Crippen LogP contribution in [-0.2, 0) is 5.41 Å². The van der Waals surface area contributed by atoms with E-state index in [1.807, 2.05) is 0 Å². The van der Waals surface area contributed by atoms with Gasteiger partial charge in [-0.15, -0.1) is 0 Å². The Labute approximate surface area is 457 Å².